The van der Waals surface area contributed by atoms with Gasteiger partial charge in [0, 0.05) is 16.1 Å². The smallest absolute Gasteiger partial charge is 0.141 e. The third-order valence-electron chi connectivity index (χ3n) is 3.96. The molecule has 0 unspecified atom stereocenters. The van der Waals surface area contributed by atoms with E-state index in [9.17, 15) is 0 Å². The zero-order valence-corrected chi connectivity index (χ0v) is 14.6. The van der Waals surface area contributed by atoms with Crippen LogP contribution in [0.3, 0.4) is 0 Å². The van der Waals surface area contributed by atoms with Crippen molar-refractivity contribution in [3.63, 3.8) is 0 Å². The highest BCUT2D eigenvalue weighted by Crippen LogP contribution is 2.26. The third-order valence-corrected chi connectivity index (χ3v) is 4.20. The number of aromatic nitrogens is 2. The van der Waals surface area contributed by atoms with Crippen molar-refractivity contribution in [2.45, 2.75) is 6.61 Å². The Morgan fingerprint density at radius 3 is 2.50 bits per heavy atom. The van der Waals surface area contributed by atoms with Crippen LogP contribution in [0.4, 0.5) is 11.5 Å². The van der Waals surface area contributed by atoms with Gasteiger partial charge in [-0.2, -0.15) is 0 Å². The van der Waals surface area contributed by atoms with Crippen LogP contribution in [-0.4, -0.2) is 9.97 Å². The molecule has 0 bridgehead atoms. The lowest BCUT2D eigenvalue weighted by atomic mass is 10.2. The molecule has 0 aliphatic rings. The third kappa shape index (κ3) is 3.76. The molecule has 0 saturated heterocycles. The monoisotopic (exact) mass is 361 g/mol. The molecular formula is C21H16ClN3O. The normalized spacial score (nSPS) is 10.7. The average molecular weight is 362 g/mol. The maximum absolute atomic E-state index is 6.10. The largest absolute Gasteiger partial charge is 0.489 e. The van der Waals surface area contributed by atoms with E-state index in [1.807, 2.05) is 72.8 Å². The van der Waals surface area contributed by atoms with Crippen LogP contribution in [0.1, 0.15) is 5.56 Å². The number of anilines is 2. The molecule has 0 amide bonds. The first-order chi connectivity index (χ1) is 12.8. The molecule has 0 spiro atoms. The number of rotatable bonds is 5. The molecule has 0 fully saturated rings. The summed E-state index contributed by atoms with van der Waals surface area (Å²) in [6.07, 6.45) is 1.54. The number of nitrogens with zero attached hydrogens (tertiary/aromatic N) is 2. The van der Waals surface area contributed by atoms with E-state index < -0.39 is 0 Å². The van der Waals surface area contributed by atoms with Gasteiger partial charge >= 0.3 is 0 Å². The van der Waals surface area contributed by atoms with Crippen LogP contribution in [0.25, 0.3) is 10.9 Å². The SMILES string of the molecule is Clc1ccc2ncnc(Nc3ccc(OCc4ccccc4)cc3)c2c1. The number of benzene rings is 3. The van der Waals surface area contributed by atoms with Crippen LogP contribution in [0.15, 0.2) is 79.1 Å². The highest BCUT2D eigenvalue weighted by Gasteiger charge is 2.05. The second-order valence-electron chi connectivity index (χ2n) is 5.81. The number of nitrogens with one attached hydrogen (secondary N) is 1. The minimum absolute atomic E-state index is 0.544. The van der Waals surface area contributed by atoms with E-state index in [1.54, 1.807) is 0 Å². The van der Waals surface area contributed by atoms with Gasteiger partial charge in [-0.15, -0.1) is 0 Å². The van der Waals surface area contributed by atoms with Gasteiger partial charge < -0.3 is 10.1 Å². The van der Waals surface area contributed by atoms with Crippen LogP contribution < -0.4 is 10.1 Å². The number of hydrogen-bond donors (Lipinski definition) is 1. The van der Waals surface area contributed by atoms with Gasteiger partial charge in [0.15, 0.2) is 0 Å². The molecular weight excluding hydrogens is 346 g/mol. The summed E-state index contributed by atoms with van der Waals surface area (Å²) in [4.78, 5) is 8.59. The first kappa shape index (κ1) is 16.4. The van der Waals surface area contributed by atoms with Crippen molar-refractivity contribution in [2.75, 3.05) is 5.32 Å². The zero-order chi connectivity index (χ0) is 17.8. The Labute approximate surface area is 156 Å². The van der Waals surface area contributed by atoms with E-state index in [4.69, 9.17) is 16.3 Å². The number of hydrogen-bond acceptors (Lipinski definition) is 4. The van der Waals surface area contributed by atoms with Crippen LogP contribution in [0, 0.1) is 0 Å². The molecule has 0 atom stereocenters. The summed E-state index contributed by atoms with van der Waals surface area (Å²) in [7, 11) is 0. The molecule has 4 nitrogen and oxygen atoms in total. The van der Waals surface area contributed by atoms with Crippen molar-refractivity contribution in [2.24, 2.45) is 0 Å². The molecule has 1 heterocycles. The van der Waals surface area contributed by atoms with Crippen LogP contribution in [0.2, 0.25) is 5.02 Å². The van der Waals surface area contributed by atoms with Crippen molar-refractivity contribution in [3.05, 3.63) is 89.7 Å². The van der Waals surface area contributed by atoms with E-state index in [0.717, 1.165) is 33.7 Å². The Bertz CT molecular complexity index is 1020. The van der Waals surface area contributed by atoms with E-state index >= 15 is 0 Å². The quantitative estimate of drug-likeness (QED) is 0.502. The first-order valence-electron chi connectivity index (χ1n) is 8.22. The van der Waals surface area contributed by atoms with Gasteiger partial charge in [-0.25, -0.2) is 9.97 Å². The van der Waals surface area contributed by atoms with Gasteiger partial charge in [-0.3, -0.25) is 0 Å². The van der Waals surface area contributed by atoms with Gasteiger partial charge in [0.2, 0.25) is 0 Å². The first-order valence-corrected chi connectivity index (χ1v) is 8.60. The summed E-state index contributed by atoms with van der Waals surface area (Å²) in [6.45, 7) is 0.544. The fraction of sp³-hybridized carbons (Fsp3) is 0.0476. The summed E-state index contributed by atoms with van der Waals surface area (Å²) < 4.78 is 5.81. The predicted molar refractivity (Wildman–Crippen MR) is 105 cm³/mol. The maximum Gasteiger partial charge on any atom is 0.141 e. The van der Waals surface area contributed by atoms with Gasteiger partial charge in [0.1, 0.15) is 24.5 Å². The summed E-state index contributed by atoms with van der Waals surface area (Å²) in [5, 5.41) is 4.84. The lowest BCUT2D eigenvalue weighted by Gasteiger charge is -2.10. The van der Waals surface area contributed by atoms with Crippen LogP contribution >= 0.6 is 11.6 Å². The fourth-order valence-electron chi connectivity index (χ4n) is 2.64. The Hall–Kier alpha value is -3.11. The number of ether oxygens (including phenoxy) is 1. The molecule has 0 aliphatic heterocycles. The van der Waals surface area contributed by atoms with Gasteiger partial charge in [0.25, 0.3) is 0 Å². The van der Waals surface area contributed by atoms with E-state index in [0.29, 0.717) is 11.6 Å². The molecule has 1 aromatic heterocycles. The molecule has 26 heavy (non-hydrogen) atoms. The molecule has 4 aromatic rings. The van der Waals surface area contributed by atoms with Gasteiger partial charge in [-0.1, -0.05) is 41.9 Å². The van der Waals surface area contributed by atoms with E-state index in [1.165, 1.54) is 6.33 Å². The second kappa shape index (κ2) is 7.42. The molecule has 0 radical (unpaired) electrons. The Morgan fingerprint density at radius 1 is 0.885 bits per heavy atom. The summed E-state index contributed by atoms with van der Waals surface area (Å²) in [5.74, 6) is 1.53. The minimum atomic E-state index is 0.544. The fourth-order valence-corrected chi connectivity index (χ4v) is 2.81. The second-order valence-corrected chi connectivity index (χ2v) is 6.24. The number of fused-ring (bicyclic) bond motifs is 1. The molecule has 1 N–H and O–H groups in total. The minimum Gasteiger partial charge on any atom is -0.489 e. The lowest BCUT2D eigenvalue weighted by molar-refractivity contribution is 0.306. The highest BCUT2D eigenvalue weighted by atomic mass is 35.5. The van der Waals surface area contributed by atoms with Gasteiger partial charge in [0.05, 0.1) is 5.52 Å². The summed E-state index contributed by atoms with van der Waals surface area (Å²) in [5.41, 5.74) is 2.89. The molecule has 128 valence electrons. The maximum atomic E-state index is 6.10. The lowest BCUT2D eigenvalue weighted by Crippen LogP contribution is -1.97. The van der Waals surface area contributed by atoms with Crippen LogP contribution in [-0.2, 0) is 6.61 Å². The molecule has 3 aromatic carbocycles. The molecule has 4 rings (SSSR count). The summed E-state index contributed by atoms with van der Waals surface area (Å²) >= 11 is 6.10. The molecule has 0 saturated carbocycles. The Balaban J connectivity index is 1.49. The van der Waals surface area contributed by atoms with Crippen molar-refractivity contribution in [1.29, 1.82) is 0 Å². The van der Waals surface area contributed by atoms with Gasteiger partial charge in [-0.05, 0) is 48.0 Å². The molecule has 0 aliphatic carbocycles. The predicted octanol–water partition coefficient (Wildman–Crippen LogP) is 5.61. The van der Waals surface area contributed by atoms with Crippen molar-refractivity contribution in [1.82, 2.24) is 9.97 Å². The zero-order valence-electron chi connectivity index (χ0n) is 13.9. The highest BCUT2D eigenvalue weighted by molar-refractivity contribution is 6.31. The molecule has 5 heteroatoms. The van der Waals surface area contributed by atoms with E-state index in [-0.39, 0.29) is 0 Å². The standard InChI is InChI=1S/C21H16ClN3O/c22-16-6-11-20-19(12-16)21(24-14-23-20)25-17-7-9-18(10-8-17)26-13-15-4-2-1-3-5-15/h1-12,14H,13H2,(H,23,24,25). The Kier molecular flexibility index (Phi) is 4.67. The number of halogens is 1. The Morgan fingerprint density at radius 2 is 1.69 bits per heavy atom. The van der Waals surface area contributed by atoms with Crippen molar-refractivity contribution >= 4 is 34.0 Å². The topological polar surface area (TPSA) is 47.0 Å². The van der Waals surface area contributed by atoms with Crippen molar-refractivity contribution < 1.29 is 4.74 Å². The van der Waals surface area contributed by atoms with Crippen LogP contribution in [0.5, 0.6) is 5.75 Å². The van der Waals surface area contributed by atoms with E-state index in [2.05, 4.69) is 15.3 Å². The average Bonchev–Trinajstić information content (AvgIpc) is 2.69. The summed E-state index contributed by atoms with van der Waals surface area (Å²) in [6, 6.07) is 23.4. The van der Waals surface area contributed by atoms with Crippen molar-refractivity contribution in [3.8, 4) is 5.75 Å².